The predicted molar refractivity (Wildman–Crippen MR) is 42.2 cm³/mol. The van der Waals surface area contributed by atoms with Gasteiger partial charge in [0.15, 0.2) is 0 Å². The summed E-state index contributed by atoms with van der Waals surface area (Å²) >= 11 is 5.51. The molecule has 1 N–H and O–H groups in total. The molecule has 1 aromatic rings. The van der Waals surface area contributed by atoms with Crippen molar-refractivity contribution in [3.63, 3.8) is 0 Å². The molecule has 4 heteroatoms. The van der Waals surface area contributed by atoms with Gasteiger partial charge >= 0.3 is 0 Å². The fourth-order valence-electron chi connectivity index (χ4n) is 0.822. The van der Waals surface area contributed by atoms with Gasteiger partial charge in [-0.2, -0.15) is 0 Å². The Morgan fingerprint density at radius 1 is 1.45 bits per heavy atom. The van der Waals surface area contributed by atoms with E-state index >= 15 is 0 Å². The average Bonchev–Trinajstić information content (AvgIpc) is 2.41. The molecule has 0 fully saturated rings. The molecule has 62 valence electrons. The van der Waals surface area contributed by atoms with Crippen molar-refractivity contribution in [1.29, 1.82) is 0 Å². The van der Waals surface area contributed by atoms with Crippen molar-refractivity contribution in [2.75, 3.05) is 5.88 Å². The van der Waals surface area contributed by atoms with Gasteiger partial charge in [0, 0.05) is 42.1 Å². The summed E-state index contributed by atoms with van der Waals surface area (Å²) in [6.45, 7) is 0. The Hall–Kier alpha value is 0.0325. The Labute approximate surface area is 82.5 Å². The zero-order valence-corrected chi connectivity index (χ0v) is 8.25. The number of halogens is 1. The van der Waals surface area contributed by atoms with Crippen molar-refractivity contribution in [2.45, 2.75) is 19.3 Å². The van der Waals surface area contributed by atoms with Crippen molar-refractivity contribution in [3.8, 4) is 0 Å². The van der Waals surface area contributed by atoms with Gasteiger partial charge in [-0.05, 0) is 12.8 Å². The molecule has 0 unspecified atom stereocenters. The monoisotopic (exact) mass is 210 g/mol. The van der Waals surface area contributed by atoms with E-state index in [0.29, 0.717) is 0 Å². The van der Waals surface area contributed by atoms with Crippen LogP contribution in [0.5, 0.6) is 0 Å². The normalized spacial score (nSPS) is 9.18. The van der Waals surface area contributed by atoms with Crippen LogP contribution in [0.25, 0.3) is 0 Å². The number of hydrogen-bond acceptors (Lipinski definition) is 1. The number of aromatic amines is 1. The maximum atomic E-state index is 5.51. The van der Waals surface area contributed by atoms with E-state index in [-0.39, 0.29) is 17.4 Å². The second-order valence-corrected chi connectivity index (χ2v) is 2.56. The third-order valence-corrected chi connectivity index (χ3v) is 1.62. The molecule has 0 amide bonds. The van der Waals surface area contributed by atoms with Crippen LogP contribution in [0.4, 0.5) is 0 Å². The van der Waals surface area contributed by atoms with Gasteiger partial charge in [0.1, 0.15) is 5.82 Å². The van der Waals surface area contributed by atoms with E-state index in [4.69, 9.17) is 11.6 Å². The third kappa shape index (κ3) is 4.47. The molecule has 0 saturated heterocycles. The second kappa shape index (κ2) is 6.72. The SMILES string of the molecule is ClCCCCc1ncc[nH]1.[Cr]. The van der Waals surface area contributed by atoms with E-state index in [9.17, 15) is 0 Å². The van der Waals surface area contributed by atoms with E-state index in [0.717, 1.165) is 31.0 Å². The average molecular weight is 211 g/mol. The summed E-state index contributed by atoms with van der Waals surface area (Å²) in [5.74, 6) is 1.81. The van der Waals surface area contributed by atoms with Crippen molar-refractivity contribution < 1.29 is 17.4 Å². The Kier molecular flexibility index (Phi) is 6.74. The molecular weight excluding hydrogens is 200 g/mol. The Balaban J connectivity index is 0.000001000. The van der Waals surface area contributed by atoms with Crippen molar-refractivity contribution in [3.05, 3.63) is 18.2 Å². The minimum absolute atomic E-state index is 0. The number of rotatable bonds is 4. The number of imidazole rings is 1. The van der Waals surface area contributed by atoms with Crippen molar-refractivity contribution >= 4 is 11.6 Å². The Morgan fingerprint density at radius 3 is 2.82 bits per heavy atom. The van der Waals surface area contributed by atoms with Crippen LogP contribution in [0.3, 0.4) is 0 Å². The van der Waals surface area contributed by atoms with E-state index < -0.39 is 0 Å². The van der Waals surface area contributed by atoms with Gasteiger partial charge in [-0.3, -0.25) is 0 Å². The maximum Gasteiger partial charge on any atom is 0.105 e. The summed E-state index contributed by atoms with van der Waals surface area (Å²) < 4.78 is 0. The number of unbranched alkanes of at least 4 members (excludes halogenated alkanes) is 1. The standard InChI is InChI=1S/C7H11ClN2.Cr/c8-4-2-1-3-7-9-5-6-10-7;/h5-6H,1-4H2,(H,9,10);. The summed E-state index contributed by atoms with van der Waals surface area (Å²) in [7, 11) is 0. The van der Waals surface area contributed by atoms with Gasteiger partial charge in [0.25, 0.3) is 0 Å². The first-order chi connectivity index (χ1) is 4.93. The number of alkyl halides is 1. The van der Waals surface area contributed by atoms with Crippen LogP contribution in [0.1, 0.15) is 18.7 Å². The molecule has 0 radical (unpaired) electrons. The number of aryl methyl sites for hydroxylation is 1. The molecule has 0 atom stereocenters. The molecule has 1 aromatic heterocycles. The molecule has 1 rings (SSSR count). The summed E-state index contributed by atoms with van der Waals surface area (Å²) in [6, 6.07) is 0. The van der Waals surface area contributed by atoms with Crippen LogP contribution < -0.4 is 0 Å². The van der Waals surface area contributed by atoms with E-state index in [1.54, 1.807) is 6.20 Å². The van der Waals surface area contributed by atoms with Gasteiger partial charge < -0.3 is 4.98 Å². The van der Waals surface area contributed by atoms with Crippen molar-refractivity contribution in [1.82, 2.24) is 9.97 Å². The molecule has 0 aliphatic rings. The molecule has 0 aliphatic heterocycles. The molecule has 0 saturated carbocycles. The zero-order chi connectivity index (χ0) is 7.23. The van der Waals surface area contributed by atoms with Crippen molar-refractivity contribution in [2.24, 2.45) is 0 Å². The van der Waals surface area contributed by atoms with Crippen LogP contribution in [0, 0.1) is 0 Å². The molecule has 0 aliphatic carbocycles. The Morgan fingerprint density at radius 2 is 2.27 bits per heavy atom. The van der Waals surface area contributed by atoms with Gasteiger partial charge in [-0.1, -0.05) is 0 Å². The Bertz CT molecular complexity index is 165. The van der Waals surface area contributed by atoms with Crippen LogP contribution in [-0.2, 0) is 23.8 Å². The van der Waals surface area contributed by atoms with Crippen LogP contribution in [0.15, 0.2) is 12.4 Å². The zero-order valence-electron chi connectivity index (χ0n) is 6.22. The molecule has 0 bridgehead atoms. The van der Waals surface area contributed by atoms with Gasteiger partial charge in [-0.25, -0.2) is 4.98 Å². The summed E-state index contributed by atoms with van der Waals surface area (Å²) in [6.07, 6.45) is 6.82. The van der Waals surface area contributed by atoms with E-state index in [1.807, 2.05) is 6.20 Å². The summed E-state index contributed by atoms with van der Waals surface area (Å²) in [5.41, 5.74) is 0. The molecule has 0 spiro atoms. The summed E-state index contributed by atoms with van der Waals surface area (Å²) in [5, 5.41) is 0. The molecule has 0 aromatic carbocycles. The van der Waals surface area contributed by atoms with E-state index in [2.05, 4.69) is 9.97 Å². The first kappa shape index (κ1) is 11.0. The largest absolute Gasteiger partial charge is 0.349 e. The topological polar surface area (TPSA) is 28.7 Å². The first-order valence-electron chi connectivity index (χ1n) is 3.47. The minimum atomic E-state index is 0. The molecular formula is C7H11ClCrN2. The number of aromatic nitrogens is 2. The first-order valence-corrected chi connectivity index (χ1v) is 4.01. The van der Waals surface area contributed by atoms with Gasteiger partial charge in [0.05, 0.1) is 0 Å². The van der Waals surface area contributed by atoms with E-state index in [1.165, 1.54) is 0 Å². The number of nitrogens with zero attached hydrogens (tertiary/aromatic N) is 1. The molecule has 2 nitrogen and oxygen atoms in total. The van der Waals surface area contributed by atoms with Gasteiger partial charge in [-0.15, -0.1) is 11.6 Å². The fraction of sp³-hybridized carbons (Fsp3) is 0.571. The summed E-state index contributed by atoms with van der Waals surface area (Å²) in [4.78, 5) is 7.13. The predicted octanol–water partition coefficient (Wildman–Crippen LogP) is 1.97. The van der Waals surface area contributed by atoms with Crippen LogP contribution in [-0.4, -0.2) is 15.8 Å². The second-order valence-electron chi connectivity index (χ2n) is 2.18. The maximum absolute atomic E-state index is 5.51. The minimum Gasteiger partial charge on any atom is -0.349 e. The molecule has 11 heavy (non-hydrogen) atoms. The fourth-order valence-corrected chi connectivity index (χ4v) is 1.01. The van der Waals surface area contributed by atoms with Gasteiger partial charge in [0.2, 0.25) is 0 Å². The smallest absolute Gasteiger partial charge is 0.105 e. The molecule has 1 heterocycles. The number of hydrogen-bond donors (Lipinski definition) is 1. The third-order valence-electron chi connectivity index (χ3n) is 1.35. The quantitative estimate of drug-likeness (QED) is 0.598. The number of H-pyrrole nitrogens is 1. The van der Waals surface area contributed by atoms with Crippen LogP contribution >= 0.6 is 11.6 Å². The van der Waals surface area contributed by atoms with Crippen LogP contribution in [0.2, 0.25) is 0 Å². The number of nitrogens with one attached hydrogen (secondary N) is 1.